The predicted octanol–water partition coefficient (Wildman–Crippen LogP) is 7.40. The van der Waals surface area contributed by atoms with Crippen LogP contribution >= 0.6 is 7.92 Å². The van der Waals surface area contributed by atoms with Gasteiger partial charge in [-0.05, 0) is 23.5 Å². The van der Waals surface area contributed by atoms with Crippen LogP contribution in [0.1, 0.15) is 101 Å². The Labute approximate surface area is 232 Å². The van der Waals surface area contributed by atoms with E-state index >= 15 is 0 Å². The first-order chi connectivity index (χ1) is 18.7. The molecule has 204 valence electrons. The van der Waals surface area contributed by atoms with Crippen molar-refractivity contribution in [2.24, 2.45) is 0 Å². The van der Waals surface area contributed by atoms with E-state index in [4.69, 9.17) is 4.98 Å². The van der Waals surface area contributed by atoms with Crippen LogP contribution in [-0.4, -0.2) is 33.9 Å². The number of unbranched alkanes of at least 4 members (excludes halogenated alkanes) is 10. The van der Waals surface area contributed by atoms with Gasteiger partial charge in [0, 0.05) is 21.0 Å². The zero-order chi connectivity index (χ0) is 26.8. The number of aromatic nitrogens is 2. The van der Waals surface area contributed by atoms with Gasteiger partial charge in [-0.15, -0.1) is 0 Å². The molecule has 3 rings (SSSR count). The number of rotatable bonds is 18. The molecule has 0 aliphatic heterocycles. The van der Waals surface area contributed by atoms with Crippen LogP contribution in [0, 0.1) is 0 Å². The van der Waals surface area contributed by atoms with Crippen molar-refractivity contribution in [2.45, 2.75) is 90.9 Å². The van der Waals surface area contributed by atoms with E-state index in [0.29, 0.717) is 5.69 Å². The highest BCUT2D eigenvalue weighted by molar-refractivity contribution is 7.79. The number of nitrogens with zero attached hydrogens (tertiary/aromatic N) is 3. The lowest BCUT2D eigenvalue weighted by Crippen LogP contribution is -2.35. The second kappa shape index (κ2) is 17.8. The van der Waals surface area contributed by atoms with Crippen LogP contribution in [0.2, 0.25) is 0 Å². The van der Waals surface area contributed by atoms with E-state index in [1.165, 1.54) is 74.8 Å². The van der Waals surface area contributed by atoms with Gasteiger partial charge in [0.15, 0.2) is 0 Å². The molecule has 1 aromatic heterocycles. The van der Waals surface area contributed by atoms with E-state index in [2.05, 4.69) is 67.4 Å². The third-order valence-electron chi connectivity index (χ3n) is 6.95. The van der Waals surface area contributed by atoms with Crippen molar-refractivity contribution in [3.63, 3.8) is 0 Å². The van der Waals surface area contributed by atoms with Gasteiger partial charge in [0.1, 0.15) is 5.69 Å². The number of amides is 1. The van der Waals surface area contributed by atoms with E-state index in [9.17, 15) is 4.79 Å². The average molecular weight is 532 g/mol. The molecule has 0 fully saturated rings. The summed E-state index contributed by atoms with van der Waals surface area (Å²) in [5.74, 6) is 0.0255. The molecule has 0 saturated carbocycles. The number of hydrogen-bond acceptors (Lipinski definition) is 3. The summed E-state index contributed by atoms with van der Waals surface area (Å²) in [5, 5.41) is 2.42. The molecule has 2 aromatic carbocycles. The minimum absolute atomic E-state index is 0.0255. The third kappa shape index (κ3) is 9.95. The van der Waals surface area contributed by atoms with Crippen LogP contribution in [0.15, 0.2) is 73.1 Å². The van der Waals surface area contributed by atoms with Gasteiger partial charge in [-0.1, -0.05) is 139 Å². The fraction of sp³-hybridized carbons (Fsp3) is 0.485. The van der Waals surface area contributed by atoms with Crippen molar-refractivity contribution in [1.29, 1.82) is 0 Å². The van der Waals surface area contributed by atoms with Crippen LogP contribution in [0.25, 0.3) is 0 Å². The maximum Gasteiger partial charge on any atom is 0.274 e. The number of hydrogen-bond donors (Lipinski definition) is 0. The van der Waals surface area contributed by atoms with Gasteiger partial charge in [0.05, 0.1) is 17.8 Å². The average Bonchev–Trinajstić information content (AvgIpc) is 2.96. The lowest BCUT2D eigenvalue weighted by Gasteiger charge is -2.23. The minimum Gasteiger partial charge on any atom is -0.337 e. The summed E-state index contributed by atoms with van der Waals surface area (Å²) in [6.45, 7) is 6.10. The van der Waals surface area contributed by atoms with Crippen molar-refractivity contribution in [3.05, 3.63) is 78.8 Å². The third-order valence-corrected chi connectivity index (χ3v) is 9.25. The maximum atomic E-state index is 13.8. The van der Waals surface area contributed by atoms with Crippen molar-refractivity contribution >= 4 is 29.9 Å². The van der Waals surface area contributed by atoms with Crippen LogP contribution in [-0.2, 0) is 0 Å². The summed E-state index contributed by atoms with van der Waals surface area (Å²) >= 11 is 0. The Balaban J connectivity index is 1.76. The van der Waals surface area contributed by atoms with Crippen LogP contribution < -0.4 is 16.0 Å². The zero-order valence-corrected chi connectivity index (χ0v) is 24.4. The van der Waals surface area contributed by atoms with Gasteiger partial charge < -0.3 is 4.90 Å². The largest absolute Gasteiger partial charge is 0.337 e. The van der Waals surface area contributed by atoms with Crippen LogP contribution in [0.5, 0.6) is 0 Å². The molecule has 1 heterocycles. The van der Waals surface area contributed by atoms with Gasteiger partial charge in [0.2, 0.25) is 0 Å². The highest BCUT2D eigenvalue weighted by Crippen LogP contribution is 2.31. The highest BCUT2D eigenvalue weighted by Gasteiger charge is 2.22. The van der Waals surface area contributed by atoms with Crippen molar-refractivity contribution in [1.82, 2.24) is 14.9 Å². The number of benzene rings is 2. The summed E-state index contributed by atoms with van der Waals surface area (Å²) < 4.78 is 0. The molecule has 0 bridgehead atoms. The van der Waals surface area contributed by atoms with Crippen molar-refractivity contribution in [2.75, 3.05) is 13.1 Å². The number of carbonyl (C=O) groups is 1. The van der Waals surface area contributed by atoms with E-state index in [-0.39, 0.29) is 5.91 Å². The van der Waals surface area contributed by atoms with E-state index in [1.54, 1.807) is 6.20 Å². The first-order valence-corrected chi connectivity index (χ1v) is 16.1. The molecule has 0 aliphatic rings. The summed E-state index contributed by atoms with van der Waals surface area (Å²) in [6.07, 6.45) is 18.2. The van der Waals surface area contributed by atoms with Gasteiger partial charge in [-0.3, -0.25) is 9.78 Å². The monoisotopic (exact) mass is 531 g/mol. The molecule has 0 aliphatic carbocycles. The topological polar surface area (TPSA) is 46.1 Å². The molecule has 0 unspecified atom stereocenters. The van der Waals surface area contributed by atoms with Crippen LogP contribution in [0.3, 0.4) is 0 Å². The second-order valence-electron chi connectivity index (χ2n) is 10.1. The molecule has 38 heavy (non-hydrogen) atoms. The smallest absolute Gasteiger partial charge is 0.274 e. The Kier molecular flexibility index (Phi) is 14.1. The summed E-state index contributed by atoms with van der Waals surface area (Å²) in [5.41, 5.74) is 1.35. The molecule has 4 nitrogen and oxygen atoms in total. The highest BCUT2D eigenvalue weighted by atomic mass is 31.1. The quantitative estimate of drug-likeness (QED) is 0.127. The summed E-state index contributed by atoms with van der Waals surface area (Å²) in [7, 11) is -0.890. The fourth-order valence-corrected chi connectivity index (χ4v) is 6.93. The fourth-order valence-electron chi connectivity index (χ4n) is 4.78. The normalized spacial score (nSPS) is 11.1. The molecule has 0 atom stereocenters. The Morgan fingerprint density at radius 3 is 1.63 bits per heavy atom. The molecular formula is C33H46N3OP. The first kappa shape index (κ1) is 30.0. The Morgan fingerprint density at radius 2 is 1.13 bits per heavy atom. The first-order valence-electron chi connectivity index (χ1n) is 14.8. The molecule has 0 spiro atoms. The minimum atomic E-state index is -0.890. The lowest BCUT2D eigenvalue weighted by molar-refractivity contribution is 0.0743. The van der Waals surface area contributed by atoms with Crippen LogP contribution in [0.4, 0.5) is 0 Å². The molecular weight excluding hydrogens is 485 g/mol. The van der Waals surface area contributed by atoms with E-state index in [1.807, 2.05) is 23.2 Å². The maximum absolute atomic E-state index is 13.8. The predicted molar refractivity (Wildman–Crippen MR) is 163 cm³/mol. The lowest BCUT2D eigenvalue weighted by atomic mass is 10.1. The molecule has 1 amide bonds. The van der Waals surface area contributed by atoms with E-state index in [0.717, 1.165) is 31.4 Å². The molecule has 3 aromatic rings. The summed E-state index contributed by atoms with van der Waals surface area (Å²) in [4.78, 5) is 25.3. The van der Waals surface area contributed by atoms with Gasteiger partial charge in [0.25, 0.3) is 5.91 Å². The SMILES string of the molecule is CCCCCCCCN(CCCCCCCC)C(=O)c1cncc(P(c2ccccc2)c2ccccc2)n1. The van der Waals surface area contributed by atoms with Gasteiger partial charge in [-0.25, -0.2) is 4.98 Å². The molecule has 0 radical (unpaired) electrons. The van der Waals surface area contributed by atoms with Crippen molar-refractivity contribution in [3.8, 4) is 0 Å². The molecule has 0 saturated heterocycles. The summed E-state index contributed by atoms with van der Waals surface area (Å²) in [6, 6.07) is 21.0. The zero-order valence-electron chi connectivity index (χ0n) is 23.5. The molecule has 0 N–H and O–H groups in total. The Morgan fingerprint density at radius 1 is 0.658 bits per heavy atom. The molecule has 5 heteroatoms. The second-order valence-corrected chi connectivity index (χ2v) is 12.3. The van der Waals surface area contributed by atoms with E-state index < -0.39 is 7.92 Å². The number of carbonyl (C=O) groups excluding carboxylic acids is 1. The Bertz CT molecular complexity index is 989. The van der Waals surface area contributed by atoms with Gasteiger partial charge in [-0.2, -0.15) is 0 Å². The Hall–Kier alpha value is -2.58. The standard InChI is InChI=1S/C33H46N3OP/c1-3-5-7-9-11-19-25-36(26-20-12-10-8-6-4-2)33(37)31-27-34-28-32(35-31)38(29-21-15-13-16-22-29)30-23-17-14-18-24-30/h13-18,21-24,27-28H,3-12,19-20,25-26H2,1-2H3. The van der Waals surface area contributed by atoms with Gasteiger partial charge >= 0.3 is 0 Å². The van der Waals surface area contributed by atoms with Crippen molar-refractivity contribution < 1.29 is 4.79 Å².